The SMILES string of the molecule is O=C(N[C@H](c1cn2nc(CC3C[C@@H](C(F)(F)F)CNC3=O)ccc2n1)C1CCC(F)(F)CC1)c1ccnn1C1CC1. The van der Waals surface area contributed by atoms with Crippen LogP contribution in [-0.2, 0) is 11.2 Å². The van der Waals surface area contributed by atoms with Crippen LogP contribution in [0.3, 0.4) is 0 Å². The third kappa shape index (κ3) is 5.91. The standard InChI is InChI=1S/C27H30F5N7O2/c28-26(29)8-5-15(6-9-26)23(36-25(41)21-7-10-34-39(21)19-2-3-19)20-14-38-22(35-20)4-1-18(37-38)12-16-11-17(27(30,31)32)13-33-24(16)40/h1,4,7,10,14-17,19,23H,2-3,5-6,8-9,11-13H2,(H,33,40)(H,36,41)/t16?,17-,23+/m1/s1. The van der Waals surface area contributed by atoms with Crippen LogP contribution < -0.4 is 10.6 Å². The quantitative estimate of drug-likeness (QED) is 0.404. The van der Waals surface area contributed by atoms with Crippen molar-refractivity contribution in [3.63, 3.8) is 0 Å². The Balaban J connectivity index is 1.24. The Labute approximate surface area is 231 Å². The lowest BCUT2D eigenvalue weighted by molar-refractivity contribution is -0.183. The first-order valence-corrected chi connectivity index (χ1v) is 13.9. The number of alkyl halides is 5. The van der Waals surface area contributed by atoms with Gasteiger partial charge in [-0.25, -0.2) is 18.3 Å². The molecule has 0 bridgehead atoms. The van der Waals surface area contributed by atoms with Crippen molar-refractivity contribution in [1.29, 1.82) is 0 Å². The molecule has 2 amide bonds. The Morgan fingerprint density at radius 2 is 1.90 bits per heavy atom. The lowest BCUT2D eigenvalue weighted by Gasteiger charge is -2.33. The van der Waals surface area contributed by atoms with E-state index in [9.17, 15) is 31.5 Å². The van der Waals surface area contributed by atoms with Crippen molar-refractivity contribution in [2.24, 2.45) is 17.8 Å². The smallest absolute Gasteiger partial charge is 0.355 e. The van der Waals surface area contributed by atoms with E-state index in [4.69, 9.17) is 0 Å². The van der Waals surface area contributed by atoms with Crippen LogP contribution in [0.2, 0.25) is 0 Å². The zero-order valence-electron chi connectivity index (χ0n) is 22.1. The number of aromatic nitrogens is 5. The van der Waals surface area contributed by atoms with E-state index >= 15 is 0 Å². The van der Waals surface area contributed by atoms with Gasteiger partial charge in [0, 0.05) is 37.9 Å². The molecule has 1 saturated heterocycles. The van der Waals surface area contributed by atoms with E-state index in [-0.39, 0.29) is 56.4 Å². The van der Waals surface area contributed by atoms with Gasteiger partial charge in [0.25, 0.3) is 5.91 Å². The molecule has 4 heterocycles. The van der Waals surface area contributed by atoms with E-state index in [0.717, 1.165) is 12.8 Å². The minimum Gasteiger partial charge on any atom is -0.355 e. The number of hydrogen-bond acceptors (Lipinski definition) is 5. The molecule has 3 aromatic heterocycles. The number of nitrogens with one attached hydrogen (secondary N) is 2. The van der Waals surface area contributed by atoms with Crippen LogP contribution in [0.25, 0.3) is 5.65 Å². The van der Waals surface area contributed by atoms with Gasteiger partial charge in [-0.05, 0) is 56.2 Å². The average Bonchev–Trinajstić information content (AvgIpc) is 3.48. The molecule has 3 aromatic rings. The minimum atomic E-state index is -4.40. The molecule has 1 unspecified atom stereocenters. The monoisotopic (exact) mass is 579 g/mol. The van der Waals surface area contributed by atoms with Gasteiger partial charge in [0.05, 0.1) is 35.6 Å². The summed E-state index contributed by atoms with van der Waals surface area (Å²) in [7, 11) is 0. The number of imidazole rings is 1. The van der Waals surface area contributed by atoms with Crippen molar-refractivity contribution in [1.82, 2.24) is 35.0 Å². The van der Waals surface area contributed by atoms with Crippen molar-refractivity contribution in [3.05, 3.63) is 47.7 Å². The highest BCUT2D eigenvalue weighted by Crippen LogP contribution is 2.42. The fourth-order valence-corrected chi connectivity index (χ4v) is 5.93. The van der Waals surface area contributed by atoms with Crippen LogP contribution in [0.4, 0.5) is 22.0 Å². The maximum absolute atomic E-state index is 14.0. The maximum atomic E-state index is 14.0. The molecule has 41 heavy (non-hydrogen) atoms. The fourth-order valence-electron chi connectivity index (χ4n) is 5.93. The molecule has 0 aromatic carbocycles. The topological polar surface area (TPSA) is 106 Å². The van der Waals surface area contributed by atoms with Gasteiger partial charge in [-0.15, -0.1) is 0 Å². The molecule has 0 spiro atoms. The highest BCUT2D eigenvalue weighted by atomic mass is 19.4. The Bertz CT molecular complexity index is 1440. The lowest BCUT2D eigenvalue weighted by Crippen LogP contribution is -2.47. The molecule has 6 rings (SSSR count). The summed E-state index contributed by atoms with van der Waals surface area (Å²) in [6, 6.07) is 4.39. The van der Waals surface area contributed by atoms with Crippen LogP contribution in [0.5, 0.6) is 0 Å². The van der Waals surface area contributed by atoms with E-state index in [2.05, 4.69) is 25.8 Å². The third-order valence-corrected chi connectivity index (χ3v) is 8.41. The first-order chi connectivity index (χ1) is 19.5. The van der Waals surface area contributed by atoms with Crippen molar-refractivity contribution in [3.8, 4) is 0 Å². The molecule has 2 aliphatic carbocycles. The summed E-state index contributed by atoms with van der Waals surface area (Å²) in [4.78, 5) is 30.3. The lowest BCUT2D eigenvalue weighted by atomic mass is 9.81. The minimum absolute atomic E-state index is 0.0187. The number of nitrogens with zero attached hydrogens (tertiary/aromatic N) is 5. The van der Waals surface area contributed by atoms with Gasteiger partial charge in [-0.3, -0.25) is 14.3 Å². The van der Waals surface area contributed by atoms with Crippen molar-refractivity contribution >= 4 is 17.5 Å². The van der Waals surface area contributed by atoms with Gasteiger partial charge in [0.1, 0.15) is 5.69 Å². The Morgan fingerprint density at radius 1 is 1.15 bits per heavy atom. The van der Waals surface area contributed by atoms with E-state index in [1.807, 2.05) is 0 Å². The second kappa shape index (κ2) is 10.4. The molecule has 1 aliphatic heterocycles. The Hall–Kier alpha value is -3.58. The maximum Gasteiger partial charge on any atom is 0.393 e. The molecule has 9 nitrogen and oxygen atoms in total. The van der Waals surface area contributed by atoms with Crippen LogP contribution in [0, 0.1) is 17.8 Å². The number of halogens is 5. The second-order valence-corrected chi connectivity index (χ2v) is 11.5. The molecule has 0 radical (unpaired) electrons. The molecule has 3 atom stereocenters. The van der Waals surface area contributed by atoms with Crippen LogP contribution in [-0.4, -0.2) is 54.8 Å². The summed E-state index contributed by atoms with van der Waals surface area (Å²) in [5.74, 6) is -6.34. The molecular formula is C27H30F5N7O2. The van der Waals surface area contributed by atoms with Gasteiger partial charge in [0.2, 0.25) is 11.8 Å². The molecular weight excluding hydrogens is 549 g/mol. The van der Waals surface area contributed by atoms with E-state index in [1.54, 1.807) is 35.3 Å². The number of piperidine rings is 1. The van der Waals surface area contributed by atoms with Crippen LogP contribution in [0.1, 0.15) is 78.9 Å². The highest BCUT2D eigenvalue weighted by molar-refractivity contribution is 5.92. The normalized spacial score (nSPS) is 24.3. The van der Waals surface area contributed by atoms with Crippen LogP contribution >= 0.6 is 0 Å². The van der Waals surface area contributed by atoms with Crippen molar-refractivity contribution in [2.45, 2.75) is 75.5 Å². The molecule has 3 aliphatic rings. The number of amides is 2. The number of rotatable bonds is 7. The third-order valence-electron chi connectivity index (χ3n) is 8.41. The average molecular weight is 580 g/mol. The Morgan fingerprint density at radius 3 is 2.61 bits per heavy atom. The summed E-state index contributed by atoms with van der Waals surface area (Å²) < 4.78 is 70.9. The summed E-state index contributed by atoms with van der Waals surface area (Å²) in [5, 5.41) is 14.1. The Kier molecular flexibility index (Phi) is 6.97. The van der Waals surface area contributed by atoms with Gasteiger partial charge in [-0.1, -0.05) is 0 Å². The van der Waals surface area contributed by atoms with Gasteiger partial charge >= 0.3 is 6.18 Å². The van der Waals surface area contributed by atoms with E-state index in [0.29, 0.717) is 22.7 Å². The molecule has 220 valence electrons. The summed E-state index contributed by atoms with van der Waals surface area (Å²) in [5.41, 5.74) is 1.68. The number of carbonyl (C=O) groups excluding carboxylic acids is 2. The second-order valence-electron chi connectivity index (χ2n) is 11.5. The van der Waals surface area contributed by atoms with E-state index in [1.165, 1.54) is 4.52 Å². The predicted molar refractivity (Wildman–Crippen MR) is 135 cm³/mol. The predicted octanol–water partition coefficient (Wildman–Crippen LogP) is 4.41. The fraction of sp³-hybridized carbons (Fsp3) is 0.593. The van der Waals surface area contributed by atoms with Gasteiger partial charge in [-0.2, -0.15) is 23.4 Å². The van der Waals surface area contributed by atoms with Gasteiger partial charge in [0.15, 0.2) is 5.65 Å². The largest absolute Gasteiger partial charge is 0.393 e. The number of hydrogen-bond donors (Lipinski definition) is 2. The molecule has 2 saturated carbocycles. The summed E-state index contributed by atoms with van der Waals surface area (Å²) >= 11 is 0. The van der Waals surface area contributed by atoms with Crippen molar-refractivity contribution < 1.29 is 31.5 Å². The first kappa shape index (κ1) is 27.6. The van der Waals surface area contributed by atoms with E-state index < -0.39 is 42.4 Å². The number of fused-ring (bicyclic) bond motifs is 1. The van der Waals surface area contributed by atoms with Gasteiger partial charge < -0.3 is 10.6 Å². The van der Waals surface area contributed by atoms with Crippen molar-refractivity contribution in [2.75, 3.05) is 6.54 Å². The summed E-state index contributed by atoms with van der Waals surface area (Å²) in [6.45, 7) is -0.433. The zero-order valence-corrected chi connectivity index (χ0v) is 22.1. The molecule has 2 N–H and O–H groups in total. The molecule has 3 fully saturated rings. The van der Waals surface area contributed by atoms with Crippen LogP contribution in [0.15, 0.2) is 30.6 Å². The number of carbonyl (C=O) groups is 2. The zero-order chi connectivity index (χ0) is 28.9. The molecule has 14 heteroatoms. The summed E-state index contributed by atoms with van der Waals surface area (Å²) in [6.07, 6.45) is 0.148. The highest BCUT2D eigenvalue weighted by Gasteiger charge is 2.45. The first-order valence-electron chi connectivity index (χ1n) is 13.9.